The van der Waals surface area contributed by atoms with Gasteiger partial charge in [0.2, 0.25) is 16.8 Å². The molecule has 0 spiro atoms. The van der Waals surface area contributed by atoms with Crippen molar-refractivity contribution >= 4 is 22.8 Å². The second kappa shape index (κ2) is 10.5. The van der Waals surface area contributed by atoms with Crippen molar-refractivity contribution < 1.29 is 23.1 Å². The van der Waals surface area contributed by atoms with Crippen molar-refractivity contribution in [1.82, 2.24) is 14.6 Å². The number of carbonyl (C=O) groups excluding carboxylic acids is 1. The van der Waals surface area contributed by atoms with Gasteiger partial charge in [0.05, 0.1) is 6.42 Å². The molecule has 9 heteroatoms. The number of nitrogens with one attached hydrogen (secondary N) is 1. The largest absolute Gasteiger partial charge is 0.480 e. The Labute approximate surface area is 167 Å². The van der Waals surface area contributed by atoms with E-state index < -0.39 is 22.9 Å². The molecule has 1 aromatic heterocycles. The van der Waals surface area contributed by atoms with Crippen LogP contribution >= 0.6 is 0 Å². The maximum absolute atomic E-state index is 12.1. The number of carboxylic acid groups (broad SMARTS) is 1. The van der Waals surface area contributed by atoms with Crippen LogP contribution in [-0.2, 0) is 33.3 Å². The first-order valence-electron chi connectivity index (χ1n) is 9.66. The maximum atomic E-state index is 12.1. The van der Waals surface area contributed by atoms with E-state index in [-0.39, 0.29) is 12.3 Å². The second-order valence-electron chi connectivity index (χ2n) is 7.34. The molecule has 0 radical (unpaired) electrons. The molecule has 8 nitrogen and oxygen atoms in total. The van der Waals surface area contributed by atoms with Gasteiger partial charge in [0.15, 0.2) is 0 Å². The van der Waals surface area contributed by atoms with Gasteiger partial charge in [-0.2, -0.15) is 0 Å². The van der Waals surface area contributed by atoms with Gasteiger partial charge in [0, 0.05) is 24.5 Å². The van der Waals surface area contributed by atoms with Crippen LogP contribution in [0.3, 0.4) is 0 Å². The van der Waals surface area contributed by atoms with Crippen LogP contribution in [0.1, 0.15) is 49.6 Å². The number of carboxylic acids is 1. The molecular formula is C19H29N3O5S. The molecule has 2 N–H and O–H groups in total. The van der Waals surface area contributed by atoms with Crippen molar-refractivity contribution in [3.63, 3.8) is 0 Å². The molecule has 0 aliphatic carbocycles. The van der Waals surface area contributed by atoms with E-state index in [2.05, 4.69) is 24.0 Å². The van der Waals surface area contributed by atoms with Gasteiger partial charge < -0.3 is 10.0 Å². The van der Waals surface area contributed by atoms with Crippen molar-refractivity contribution in [2.75, 3.05) is 13.1 Å². The van der Waals surface area contributed by atoms with E-state index in [4.69, 9.17) is 5.11 Å². The number of unbranched alkanes of at least 4 members (excludes halogenated alkanes) is 1. The highest BCUT2D eigenvalue weighted by molar-refractivity contribution is 7.70. The fourth-order valence-corrected chi connectivity index (χ4v) is 3.80. The molecule has 1 amide bonds. The summed E-state index contributed by atoms with van der Waals surface area (Å²) in [6.07, 6.45) is 4.77. The van der Waals surface area contributed by atoms with E-state index in [1.807, 2.05) is 11.6 Å². The van der Waals surface area contributed by atoms with Crippen LogP contribution in [0.2, 0.25) is 0 Å². The number of carbonyl (C=O) groups is 2. The Morgan fingerprint density at radius 1 is 1.32 bits per heavy atom. The van der Waals surface area contributed by atoms with Crippen LogP contribution in [0.5, 0.6) is 0 Å². The predicted molar refractivity (Wildman–Crippen MR) is 105 cm³/mol. The number of likely N-dealkylation sites (tertiary alicyclic amines) is 1. The summed E-state index contributed by atoms with van der Waals surface area (Å²) in [5.74, 6) is -1.34. The number of rotatable bonds is 11. The number of aromatic nitrogens is 1. The van der Waals surface area contributed by atoms with E-state index in [0.717, 1.165) is 43.5 Å². The Bertz CT molecular complexity index is 767. The summed E-state index contributed by atoms with van der Waals surface area (Å²) in [6.45, 7) is 5.36. The van der Waals surface area contributed by atoms with Crippen molar-refractivity contribution in [3.8, 4) is 0 Å². The zero-order valence-corrected chi connectivity index (χ0v) is 17.3. The van der Waals surface area contributed by atoms with Gasteiger partial charge in [-0.15, -0.1) is 0 Å². The Hall–Kier alpha value is -2.00. The minimum absolute atomic E-state index is 0.345. The first kappa shape index (κ1) is 22.3. The van der Waals surface area contributed by atoms with E-state index >= 15 is 0 Å². The summed E-state index contributed by atoms with van der Waals surface area (Å²) in [5.41, 5.74) is 3.43. The zero-order chi connectivity index (χ0) is 20.7. The molecule has 1 aliphatic rings. The van der Waals surface area contributed by atoms with Crippen molar-refractivity contribution in [3.05, 3.63) is 29.1 Å². The third kappa shape index (κ3) is 6.56. The summed E-state index contributed by atoms with van der Waals surface area (Å²) in [6, 6.07) is 2.82. The zero-order valence-electron chi connectivity index (χ0n) is 16.4. The van der Waals surface area contributed by atoms with Crippen LogP contribution < -0.4 is 4.72 Å². The maximum Gasteiger partial charge on any atom is 0.322 e. The van der Waals surface area contributed by atoms with Crippen LogP contribution in [0, 0.1) is 12.8 Å². The number of hydrogen-bond donors (Lipinski definition) is 3. The molecular weight excluding hydrogens is 382 g/mol. The molecule has 0 saturated carbocycles. The molecule has 1 saturated heterocycles. The highest BCUT2D eigenvalue weighted by Crippen LogP contribution is 2.22. The van der Waals surface area contributed by atoms with Crippen LogP contribution in [0.4, 0.5) is 0 Å². The van der Waals surface area contributed by atoms with Crippen molar-refractivity contribution in [2.45, 2.75) is 58.4 Å². The van der Waals surface area contributed by atoms with Crippen molar-refractivity contribution in [2.24, 2.45) is 5.92 Å². The molecule has 2 heterocycles. The van der Waals surface area contributed by atoms with Gasteiger partial charge in [-0.25, -0.2) is 13.1 Å². The van der Waals surface area contributed by atoms with Gasteiger partial charge in [-0.1, -0.05) is 19.4 Å². The molecule has 1 unspecified atom stereocenters. The number of hydrogen-bond acceptors (Lipinski definition) is 5. The van der Waals surface area contributed by atoms with Crippen LogP contribution in [-0.4, -0.2) is 54.4 Å². The fraction of sp³-hybridized carbons (Fsp3) is 0.632. The molecule has 0 aromatic carbocycles. The highest BCUT2D eigenvalue weighted by Gasteiger charge is 2.33. The van der Waals surface area contributed by atoms with Crippen LogP contribution in [0.25, 0.3) is 0 Å². The SMILES string of the molecule is CCCCc1ccc(CCC2CN(C(=O)CC(N[SH](=O)=O)C(=O)O)C2)nc1C. The predicted octanol–water partition coefficient (Wildman–Crippen LogP) is 1.08. The second-order valence-corrected chi connectivity index (χ2v) is 8.11. The average Bonchev–Trinajstić information content (AvgIpc) is 2.58. The van der Waals surface area contributed by atoms with E-state index in [9.17, 15) is 18.0 Å². The number of thiol groups is 1. The van der Waals surface area contributed by atoms with Crippen molar-refractivity contribution in [1.29, 1.82) is 0 Å². The third-order valence-corrected chi connectivity index (χ3v) is 5.63. The van der Waals surface area contributed by atoms with Gasteiger partial charge >= 0.3 is 5.97 Å². The lowest BCUT2D eigenvalue weighted by molar-refractivity contribution is -0.145. The number of aliphatic carboxylic acids is 1. The number of pyridine rings is 1. The fourth-order valence-electron chi connectivity index (χ4n) is 3.34. The molecule has 1 fully saturated rings. The molecule has 28 heavy (non-hydrogen) atoms. The van der Waals surface area contributed by atoms with Gasteiger partial charge in [0.25, 0.3) is 0 Å². The van der Waals surface area contributed by atoms with E-state index in [0.29, 0.717) is 19.0 Å². The first-order chi connectivity index (χ1) is 13.3. The van der Waals surface area contributed by atoms with E-state index in [1.165, 1.54) is 5.56 Å². The summed E-state index contributed by atoms with van der Waals surface area (Å²) < 4.78 is 23.2. The average molecular weight is 412 g/mol. The number of amides is 1. The Kier molecular flexibility index (Phi) is 8.37. The summed E-state index contributed by atoms with van der Waals surface area (Å²) in [4.78, 5) is 29.4. The Morgan fingerprint density at radius 2 is 2.04 bits per heavy atom. The highest BCUT2D eigenvalue weighted by atomic mass is 32.2. The monoisotopic (exact) mass is 411 g/mol. The van der Waals surface area contributed by atoms with Gasteiger partial charge in [0.1, 0.15) is 6.04 Å². The molecule has 1 atom stereocenters. The van der Waals surface area contributed by atoms with Gasteiger partial charge in [-0.3, -0.25) is 14.6 Å². The Morgan fingerprint density at radius 3 is 2.61 bits per heavy atom. The number of aryl methyl sites for hydroxylation is 3. The topological polar surface area (TPSA) is 117 Å². The smallest absolute Gasteiger partial charge is 0.322 e. The molecule has 1 aliphatic heterocycles. The Balaban J connectivity index is 1.75. The molecule has 156 valence electrons. The normalized spacial score (nSPS) is 15.5. The minimum atomic E-state index is -3.07. The van der Waals surface area contributed by atoms with E-state index in [1.54, 1.807) is 4.90 Å². The van der Waals surface area contributed by atoms with Gasteiger partial charge in [-0.05, 0) is 50.2 Å². The number of nitrogens with zero attached hydrogens (tertiary/aromatic N) is 2. The summed E-state index contributed by atoms with van der Waals surface area (Å²) >= 11 is 0. The lowest BCUT2D eigenvalue weighted by Crippen LogP contribution is -2.52. The standard InChI is InChI=1S/C19H29N3O5S/c1-3-4-5-15-7-9-16(20-13(15)2)8-6-14-11-22(12-14)18(23)10-17(19(24)25)21-28(26)27/h7,9,14,17,28H,3-6,8,10-12H2,1-2H3,(H,24,25)(H,21,26,27). The first-order valence-corrected chi connectivity index (χ1v) is 10.8. The molecule has 1 aromatic rings. The summed E-state index contributed by atoms with van der Waals surface area (Å²) in [5, 5.41) is 8.99. The minimum Gasteiger partial charge on any atom is -0.480 e. The summed E-state index contributed by atoms with van der Waals surface area (Å²) in [7, 11) is -3.07. The van der Waals surface area contributed by atoms with Crippen LogP contribution in [0.15, 0.2) is 12.1 Å². The lowest BCUT2D eigenvalue weighted by atomic mass is 9.93. The third-order valence-electron chi connectivity index (χ3n) is 5.11. The molecule has 0 bridgehead atoms. The quantitative estimate of drug-likeness (QED) is 0.469. The molecule has 2 rings (SSSR count). The lowest BCUT2D eigenvalue weighted by Gasteiger charge is -2.39.